The van der Waals surface area contributed by atoms with Crippen LogP contribution >= 0.6 is 0 Å². The van der Waals surface area contributed by atoms with Gasteiger partial charge in [-0.1, -0.05) is 6.92 Å². The fourth-order valence-electron chi connectivity index (χ4n) is 2.94. The zero-order valence-electron chi connectivity index (χ0n) is 11.2. The quantitative estimate of drug-likeness (QED) is 0.858. The molecule has 2 unspecified atom stereocenters. The first-order chi connectivity index (χ1) is 8.24. The molecule has 2 atom stereocenters. The second-order valence-corrected chi connectivity index (χ2v) is 5.02. The van der Waals surface area contributed by atoms with E-state index in [1.165, 1.54) is 25.1 Å². The van der Waals surface area contributed by atoms with Gasteiger partial charge in [0.1, 0.15) is 0 Å². The summed E-state index contributed by atoms with van der Waals surface area (Å²) in [6.07, 6.45) is 4.52. The van der Waals surface area contributed by atoms with Crippen LogP contribution in [0.15, 0.2) is 12.3 Å². The molecule has 1 saturated heterocycles. The van der Waals surface area contributed by atoms with Crippen LogP contribution in [0, 0.1) is 5.92 Å². The lowest BCUT2D eigenvalue weighted by Crippen LogP contribution is -2.41. The summed E-state index contributed by atoms with van der Waals surface area (Å²) in [7, 11) is 4.28. The average molecular weight is 236 g/mol. The van der Waals surface area contributed by atoms with Crippen molar-refractivity contribution in [2.24, 2.45) is 13.0 Å². The maximum atomic E-state index is 4.31. The molecule has 1 N–H and O–H groups in total. The van der Waals surface area contributed by atoms with E-state index in [1.807, 2.05) is 17.9 Å². The lowest BCUT2D eigenvalue weighted by atomic mass is 9.87. The Morgan fingerprint density at radius 2 is 2.29 bits per heavy atom. The highest BCUT2D eigenvalue weighted by atomic mass is 15.3. The monoisotopic (exact) mass is 236 g/mol. The van der Waals surface area contributed by atoms with Crippen LogP contribution in [-0.4, -0.2) is 41.4 Å². The number of likely N-dealkylation sites (tertiary alicyclic amines) is 1. The van der Waals surface area contributed by atoms with E-state index in [0.29, 0.717) is 12.0 Å². The summed E-state index contributed by atoms with van der Waals surface area (Å²) in [6.45, 7) is 5.53. The van der Waals surface area contributed by atoms with Gasteiger partial charge >= 0.3 is 0 Å². The summed E-state index contributed by atoms with van der Waals surface area (Å²) in [5.74, 6) is 0.698. The minimum Gasteiger partial charge on any atom is -0.317 e. The molecule has 1 aromatic rings. The summed E-state index contributed by atoms with van der Waals surface area (Å²) in [5, 5.41) is 7.80. The minimum atomic E-state index is 0.510. The van der Waals surface area contributed by atoms with Crippen LogP contribution in [0.25, 0.3) is 0 Å². The molecule has 4 heteroatoms. The number of hydrogen-bond donors (Lipinski definition) is 1. The molecule has 1 aliphatic rings. The molecule has 0 saturated carbocycles. The minimum absolute atomic E-state index is 0.510. The van der Waals surface area contributed by atoms with Gasteiger partial charge in [-0.05, 0) is 51.5 Å². The number of nitrogens with zero attached hydrogens (tertiary/aromatic N) is 3. The second-order valence-electron chi connectivity index (χ2n) is 5.02. The van der Waals surface area contributed by atoms with E-state index in [0.717, 1.165) is 13.1 Å². The Kier molecular flexibility index (Phi) is 4.18. The first kappa shape index (κ1) is 12.6. The number of hydrogen-bond acceptors (Lipinski definition) is 3. The van der Waals surface area contributed by atoms with Crippen LogP contribution < -0.4 is 5.32 Å². The molecule has 0 aromatic carbocycles. The van der Waals surface area contributed by atoms with Crippen LogP contribution in [0.4, 0.5) is 0 Å². The average Bonchev–Trinajstić information content (AvgIpc) is 2.73. The normalized spacial score (nSPS) is 26.3. The molecule has 96 valence electrons. The molecule has 0 bridgehead atoms. The van der Waals surface area contributed by atoms with Crippen molar-refractivity contribution in [1.82, 2.24) is 20.0 Å². The highest BCUT2D eigenvalue weighted by molar-refractivity contribution is 5.10. The van der Waals surface area contributed by atoms with Gasteiger partial charge in [-0.25, -0.2) is 0 Å². The summed E-state index contributed by atoms with van der Waals surface area (Å²) in [5.41, 5.74) is 1.34. The molecule has 0 spiro atoms. The van der Waals surface area contributed by atoms with E-state index in [-0.39, 0.29) is 0 Å². The van der Waals surface area contributed by atoms with Crippen molar-refractivity contribution in [1.29, 1.82) is 0 Å². The molecule has 0 aliphatic carbocycles. The summed E-state index contributed by atoms with van der Waals surface area (Å²) in [6, 6.07) is 2.67. The zero-order valence-corrected chi connectivity index (χ0v) is 11.2. The Balaban J connectivity index is 2.16. The molecule has 4 nitrogen and oxygen atoms in total. The molecule has 17 heavy (non-hydrogen) atoms. The molecule has 1 fully saturated rings. The highest BCUT2D eigenvalue weighted by Gasteiger charge is 2.31. The van der Waals surface area contributed by atoms with Crippen molar-refractivity contribution in [3.05, 3.63) is 18.0 Å². The third-order valence-corrected chi connectivity index (χ3v) is 3.83. The van der Waals surface area contributed by atoms with E-state index < -0.39 is 0 Å². The first-order valence-corrected chi connectivity index (χ1v) is 6.63. The molecular formula is C13H24N4. The molecule has 0 amide bonds. The Hall–Kier alpha value is -0.870. The number of nitrogens with one attached hydrogen (secondary N) is 1. The van der Waals surface area contributed by atoms with Crippen LogP contribution in [0.1, 0.15) is 31.5 Å². The van der Waals surface area contributed by atoms with Crippen molar-refractivity contribution in [2.45, 2.75) is 25.8 Å². The van der Waals surface area contributed by atoms with E-state index in [2.05, 4.69) is 35.4 Å². The Morgan fingerprint density at radius 3 is 2.94 bits per heavy atom. The van der Waals surface area contributed by atoms with Gasteiger partial charge < -0.3 is 5.32 Å². The molecule has 0 radical (unpaired) electrons. The van der Waals surface area contributed by atoms with Crippen LogP contribution in [0.5, 0.6) is 0 Å². The van der Waals surface area contributed by atoms with E-state index in [9.17, 15) is 0 Å². The van der Waals surface area contributed by atoms with Gasteiger partial charge in [0.2, 0.25) is 0 Å². The maximum absolute atomic E-state index is 4.31. The van der Waals surface area contributed by atoms with E-state index >= 15 is 0 Å². The number of rotatable bonds is 4. The van der Waals surface area contributed by atoms with Gasteiger partial charge in [0.05, 0.1) is 11.7 Å². The molecule has 1 aromatic heterocycles. The fourth-order valence-corrected chi connectivity index (χ4v) is 2.94. The predicted octanol–water partition coefficient (Wildman–Crippen LogP) is 1.41. The molecule has 2 heterocycles. The Labute approximate surface area is 104 Å². The largest absolute Gasteiger partial charge is 0.317 e. The van der Waals surface area contributed by atoms with Gasteiger partial charge in [0.15, 0.2) is 0 Å². The van der Waals surface area contributed by atoms with E-state index in [1.54, 1.807) is 0 Å². The van der Waals surface area contributed by atoms with Crippen LogP contribution in [-0.2, 0) is 7.05 Å². The summed E-state index contributed by atoms with van der Waals surface area (Å²) in [4.78, 5) is 2.47. The van der Waals surface area contributed by atoms with Crippen molar-refractivity contribution < 1.29 is 0 Å². The summed E-state index contributed by atoms with van der Waals surface area (Å²) >= 11 is 0. The Morgan fingerprint density at radius 1 is 1.47 bits per heavy atom. The van der Waals surface area contributed by atoms with Gasteiger partial charge in [0, 0.05) is 13.2 Å². The lowest BCUT2D eigenvalue weighted by Gasteiger charge is -2.39. The highest BCUT2D eigenvalue weighted by Crippen LogP contribution is 2.34. The smallest absolute Gasteiger partial charge is 0.0555 e. The first-order valence-electron chi connectivity index (χ1n) is 6.63. The molecule has 1 aliphatic heterocycles. The van der Waals surface area contributed by atoms with Crippen molar-refractivity contribution in [3.63, 3.8) is 0 Å². The topological polar surface area (TPSA) is 33.1 Å². The second kappa shape index (κ2) is 5.65. The summed E-state index contributed by atoms with van der Waals surface area (Å²) < 4.78 is 2.02. The fraction of sp³-hybridized carbons (Fsp3) is 0.769. The predicted molar refractivity (Wildman–Crippen MR) is 69.8 cm³/mol. The standard InChI is InChI=1S/C13H24N4/c1-4-14-10-11-6-5-9-16(2)13(11)12-7-8-15-17(12)3/h7-8,11,13-14H,4-6,9-10H2,1-3H3. The van der Waals surface area contributed by atoms with Gasteiger partial charge in [-0.2, -0.15) is 5.10 Å². The molecular weight excluding hydrogens is 212 g/mol. The van der Waals surface area contributed by atoms with Crippen LogP contribution in [0.2, 0.25) is 0 Å². The number of aromatic nitrogens is 2. The maximum Gasteiger partial charge on any atom is 0.0555 e. The Bertz CT molecular complexity index is 347. The van der Waals surface area contributed by atoms with Crippen molar-refractivity contribution in [3.8, 4) is 0 Å². The number of aryl methyl sites for hydroxylation is 1. The van der Waals surface area contributed by atoms with Gasteiger partial charge in [0.25, 0.3) is 0 Å². The van der Waals surface area contributed by atoms with Crippen molar-refractivity contribution in [2.75, 3.05) is 26.7 Å². The SMILES string of the molecule is CCNCC1CCCN(C)C1c1ccnn1C. The third-order valence-electron chi connectivity index (χ3n) is 3.83. The zero-order chi connectivity index (χ0) is 12.3. The van der Waals surface area contributed by atoms with Crippen LogP contribution in [0.3, 0.4) is 0 Å². The van der Waals surface area contributed by atoms with Gasteiger partial charge in [-0.15, -0.1) is 0 Å². The lowest BCUT2D eigenvalue weighted by molar-refractivity contribution is 0.113. The number of piperidine rings is 1. The third kappa shape index (κ3) is 2.69. The molecule has 2 rings (SSSR count). The van der Waals surface area contributed by atoms with E-state index in [4.69, 9.17) is 0 Å². The van der Waals surface area contributed by atoms with Gasteiger partial charge in [-0.3, -0.25) is 9.58 Å². The van der Waals surface area contributed by atoms with Crippen molar-refractivity contribution >= 4 is 0 Å².